The third-order valence-electron chi connectivity index (χ3n) is 3.76. The largest absolute Gasteiger partial charge is 0.416 e. The van der Waals surface area contributed by atoms with Gasteiger partial charge in [-0.2, -0.15) is 18.2 Å². The van der Waals surface area contributed by atoms with Crippen molar-refractivity contribution in [2.24, 2.45) is 0 Å². The molecule has 1 saturated heterocycles. The van der Waals surface area contributed by atoms with Gasteiger partial charge in [0.1, 0.15) is 0 Å². The first-order chi connectivity index (χ1) is 10.9. The summed E-state index contributed by atoms with van der Waals surface area (Å²) in [6.07, 6.45) is -3.12. The summed E-state index contributed by atoms with van der Waals surface area (Å²) in [4.78, 5) is 6.14. The summed E-state index contributed by atoms with van der Waals surface area (Å²) in [7, 11) is 0. The molecule has 1 atom stereocenters. The standard InChI is InChI=1S/C15H16F3N3O2/c16-15(17,18)11-4-1-3-10(7-11)14-19-13(23-20-14)9-21-6-2-5-12(22)8-21/h1,3-4,7,12,22H,2,5-6,8-9H2/t12-/m1/s1. The molecule has 8 heteroatoms. The van der Waals surface area contributed by atoms with Crippen molar-refractivity contribution in [2.75, 3.05) is 13.1 Å². The molecule has 1 aromatic carbocycles. The van der Waals surface area contributed by atoms with E-state index in [2.05, 4.69) is 10.1 Å². The van der Waals surface area contributed by atoms with Gasteiger partial charge in [-0.3, -0.25) is 4.90 Å². The van der Waals surface area contributed by atoms with Gasteiger partial charge >= 0.3 is 6.18 Å². The topological polar surface area (TPSA) is 62.4 Å². The number of hydrogen-bond donors (Lipinski definition) is 1. The second kappa shape index (κ2) is 6.29. The molecule has 23 heavy (non-hydrogen) atoms. The minimum absolute atomic E-state index is 0.128. The highest BCUT2D eigenvalue weighted by Gasteiger charge is 2.30. The number of aliphatic hydroxyl groups is 1. The Morgan fingerprint density at radius 3 is 2.91 bits per heavy atom. The molecule has 1 aliphatic rings. The van der Waals surface area contributed by atoms with Gasteiger partial charge in [-0.1, -0.05) is 17.3 Å². The highest BCUT2D eigenvalue weighted by atomic mass is 19.4. The van der Waals surface area contributed by atoms with Crippen LogP contribution in [0.5, 0.6) is 0 Å². The van der Waals surface area contributed by atoms with Crippen LogP contribution in [0, 0.1) is 0 Å². The van der Waals surface area contributed by atoms with Crippen LogP contribution in [0.1, 0.15) is 24.3 Å². The zero-order chi connectivity index (χ0) is 16.4. The van der Waals surface area contributed by atoms with Gasteiger partial charge in [0, 0.05) is 12.1 Å². The predicted molar refractivity (Wildman–Crippen MR) is 75.3 cm³/mol. The lowest BCUT2D eigenvalue weighted by molar-refractivity contribution is -0.137. The van der Waals surface area contributed by atoms with Crippen LogP contribution in [0.2, 0.25) is 0 Å². The average molecular weight is 327 g/mol. The van der Waals surface area contributed by atoms with Crippen LogP contribution in [-0.2, 0) is 12.7 Å². The van der Waals surface area contributed by atoms with Crippen LogP contribution in [0.25, 0.3) is 11.4 Å². The van der Waals surface area contributed by atoms with Crippen LogP contribution in [-0.4, -0.2) is 39.3 Å². The maximum atomic E-state index is 12.7. The molecule has 3 rings (SSSR count). The fourth-order valence-electron chi connectivity index (χ4n) is 2.64. The van der Waals surface area contributed by atoms with Crippen molar-refractivity contribution < 1.29 is 22.8 Å². The van der Waals surface area contributed by atoms with Gasteiger partial charge in [0.05, 0.1) is 18.2 Å². The minimum Gasteiger partial charge on any atom is -0.392 e. The molecule has 0 saturated carbocycles. The Kier molecular flexibility index (Phi) is 4.36. The van der Waals surface area contributed by atoms with Crippen molar-refractivity contribution in [1.82, 2.24) is 15.0 Å². The van der Waals surface area contributed by atoms with E-state index in [0.717, 1.165) is 31.5 Å². The number of alkyl halides is 3. The summed E-state index contributed by atoms with van der Waals surface area (Å²) in [6, 6.07) is 4.82. The first-order valence-electron chi connectivity index (χ1n) is 7.32. The van der Waals surface area contributed by atoms with Crippen LogP contribution in [0.15, 0.2) is 28.8 Å². The van der Waals surface area contributed by atoms with Gasteiger partial charge in [-0.05, 0) is 31.5 Å². The third kappa shape index (κ3) is 3.89. The van der Waals surface area contributed by atoms with E-state index >= 15 is 0 Å². The van der Waals surface area contributed by atoms with Crippen LogP contribution < -0.4 is 0 Å². The Bertz CT molecular complexity index is 672. The monoisotopic (exact) mass is 327 g/mol. The number of hydrogen-bond acceptors (Lipinski definition) is 5. The highest BCUT2D eigenvalue weighted by Crippen LogP contribution is 2.31. The van der Waals surface area contributed by atoms with Crippen molar-refractivity contribution in [3.05, 3.63) is 35.7 Å². The van der Waals surface area contributed by atoms with Gasteiger partial charge in [-0.15, -0.1) is 0 Å². The Balaban J connectivity index is 1.74. The second-order valence-electron chi connectivity index (χ2n) is 5.62. The Morgan fingerprint density at radius 2 is 2.17 bits per heavy atom. The number of aromatic nitrogens is 2. The van der Waals surface area contributed by atoms with Crippen molar-refractivity contribution in [2.45, 2.75) is 31.7 Å². The molecule has 5 nitrogen and oxygen atoms in total. The molecule has 0 radical (unpaired) electrons. The zero-order valence-corrected chi connectivity index (χ0v) is 12.3. The molecule has 1 aliphatic heterocycles. The summed E-state index contributed by atoms with van der Waals surface area (Å²) in [5.41, 5.74) is -0.492. The first-order valence-corrected chi connectivity index (χ1v) is 7.32. The van der Waals surface area contributed by atoms with E-state index in [0.29, 0.717) is 19.0 Å². The van der Waals surface area contributed by atoms with Crippen molar-refractivity contribution in [3.63, 3.8) is 0 Å². The number of aliphatic hydroxyl groups excluding tert-OH is 1. The summed E-state index contributed by atoms with van der Waals surface area (Å²) in [5, 5.41) is 13.4. The quantitative estimate of drug-likeness (QED) is 0.939. The summed E-state index contributed by atoms with van der Waals surface area (Å²) in [5.74, 6) is 0.454. The fourth-order valence-corrected chi connectivity index (χ4v) is 2.64. The molecular formula is C15H16F3N3O2. The summed E-state index contributed by atoms with van der Waals surface area (Å²) in [6.45, 7) is 1.72. The van der Waals surface area contributed by atoms with Crippen molar-refractivity contribution >= 4 is 0 Å². The van der Waals surface area contributed by atoms with E-state index in [1.165, 1.54) is 12.1 Å². The summed E-state index contributed by atoms with van der Waals surface area (Å²) < 4.78 is 43.3. The molecule has 2 heterocycles. The lowest BCUT2D eigenvalue weighted by atomic mass is 10.1. The fraction of sp³-hybridized carbons (Fsp3) is 0.467. The molecule has 124 valence electrons. The number of nitrogens with zero attached hydrogens (tertiary/aromatic N) is 3. The molecule has 1 N–H and O–H groups in total. The SMILES string of the molecule is O[C@@H]1CCCN(Cc2nc(-c3cccc(C(F)(F)F)c3)no2)C1. The highest BCUT2D eigenvalue weighted by molar-refractivity contribution is 5.55. The molecular weight excluding hydrogens is 311 g/mol. The molecule has 1 fully saturated rings. The van der Waals surface area contributed by atoms with Crippen LogP contribution in [0.3, 0.4) is 0 Å². The number of piperidine rings is 1. The molecule has 1 aromatic heterocycles. The summed E-state index contributed by atoms with van der Waals surface area (Å²) >= 11 is 0. The van der Waals surface area contributed by atoms with Gasteiger partial charge in [0.25, 0.3) is 0 Å². The molecule has 0 unspecified atom stereocenters. The van der Waals surface area contributed by atoms with Gasteiger partial charge in [0.15, 0.2) is 0 Å². The number of β-amino-alcohol motifs (C(OH)–C–C–N with tert-alkyl or cyclic N) is 1. The smallest absolute Gasteiger partial charge is 0.392 e. The predicted octanol–water partition coefficient (Wildman–Crippen LogP) is 2.71. The van der Waals surface area contributed by atoms with E-state index in [-0.39, 0.29) is 17.5 Å². The van der Waals surface area contributed by atoms with Crippen molar-refractivity contribution in [1.29, 1.82) is 0 Å². The lowest BCUT2D eigenvalue weighted by Gasteiger charge is -2.28. The van der Waals surface area contributed by atoms with E-state index in [1.807, 2.05) is 4.90 Å². The van der Waals surface area contributed by atoms with Gasteiger partial charge in [0.2, 0.25) is 11.7 Å². The van der Waals surface area contributed by atoms with Gasteiger partial charge < -0.3 is 9.63 Å². The third-order valence-corrected chi connectivity index (χ3v) is 3.76. The first kappa shape index (κ1) is 15.9. The van der Waals surface area contributed by atoms with E-state index < -0.39 is 11.7 Å². The maximum Gasteiger partial charge on any atom is 0.416 e. The number of benzene rings is 1. The van der Waals surface area contributed by atoms with E-state index in [4.69, 9.17) is 4.52 Å². The van der Waals surface area contributed by atoms with Crippen LogP contribution in [0.4, 0.5) is 13.2 Å². The maximum absolute atomic E-state index is 12.7. The molecule has 0 aliphatic carbocycles. The van der Waals surface area contributed by atoms with Crippen LogP contribution >= 0.6 is 0 Å². The van der Waals surface area contributed by atoms with Gasteiger partial charge in [-0.25, -0.2) is 0 Å². The number of halogens is 3. The van der Waals surface area contributed by atoms with E-state index in [9.17, 15) is 18.3 Å². The molecule has 0 amide bonds. The lowest BCUT2D eigenvalue weighted by Crippen LogP contribution is -2.37. The minimum atomic E-state index is -4.41. The normalized spacial score (nSPS) is 19.9. The molecule has 0 bridgehead atoms. The Labute approximate surface area is 130 Å². The number of rotatable bonds is 3. The average Bonchev–Trinajstić information content (AvgIpc) is 2.95. The Morgan fingerprint density at radius 1 is 1.35 bits per heavy atom. The molecule has 0 spiro atoms. The zero-order valence-electron chi connectivity index (χ0n) is 12.3. The van der Waals surface area contributed by atoms with E-state index in [1.54, 1.807) is 0 Å². The molecule has 2 aromatic rings. The Hall–Kier alpha value is -1.93. The van der Waals surface area contributed by atoms with Crippen molar-refractivity contribution in [3.8, 4) is 11.4 Å². The number of likely N-dealkylation sites (tertiary alicyclic amines) is 1. The second-order valence-corrected chi connectivity index (χ2v) is 5.62.